The summed E-state index contributed by atoms with van der Waals surface area (Å²) in [5.74, 6) is -4.46. The summed E-state index contributed by atoms with van der Waals surface area (Å²) in [6.07, 6.45) is 14.1. The molecule has 0 aromatic heterocycles. The van der Waals surface area contributed by atoms with E-state index in [-0.39, 0.29) is 43.1 Å². The van der Waals surface area contributed by atoms with Crippen molar-refractivity contribution in [2.45, 2.75) is 158 Å². The summed E-state index contributed by atoms with van der Waals surface area (Å²) >= 11 is 0. The van der Waals surface area contributed by atoms with Crippen molar-refractivity contribution in [2.75, 3.05) is 0 Å². The Balaban J connectivity index is -0.000000139. The molecule has 0 saturated carbocycles. The second-order valence-electron chi connectivity index (χ2n) is 10.3. The monoisotopic (exact) mass is 674 g/mol. The molecular weight excluding hydrogens is 613 g/mol. The smallest absolute Gasteiger partial charge is 0.550 e. The average Bonchev–Trinajstić information content (AvgIpc) is 2.91. The zero-order valence-corrected chi connectivity index (χ0v) is 29.0. The molecule has 0 rings (SSSR count). The molecule has 0 bridgehead atoms. The maximum absolute atomic E-state index is 10.3. The van der Waals surface area contributed by atoms with E-state index in [1.165, 1.54) is 0 Å². The number of carboxylic acids is 4. The molecule has 0 N–H and O–H groups in total. The van der Waals surface area contributed by atoms with Gasteiger partial charge in [0.15, 0.2) is 0 Å². The van der Waals surface area contributed by atoms with Crippen LogP contribution in [0.15, 0.2) is 0 Å². The molecule has 0 aromatic rings. The Labute approximate surface area is 264 Å². The zero-order valence-electron chi connectivity index (χ0n) is 27.2. The SMILES string of the molecule is CCCCC(CC)C(=O)[O-].CCCCC(CC)C(=O)[O-].CCCCC(CC)C(=O)[O-].CCCCC(CC)C(=O)[O-].[Ru+4]. The molecule has 0 amide bonds. The summed E-state index contributed by atoms with van der Waals surface area (Å²) in [5.41, 5.74) is 0. The molecule has 244 valence electrons. The van der Waals surface area contributed by atoms with E-state index >= 15 is 0 Å². The van der Waals surface area contributed by atoms with Gasteiger partial charge in [-0.25, -0.2) is 0 Å². The van der Waals surface area contributed by atoms with Gasteiger partial charge in [-0.15, -0.1) is 0 Å². The van der Waals surface area contributed by atoms with Crippen LogP contribution in [0.5, 0.6) is 0 Å². The van der Waals surface area contributed by atoms with Gasteiger partial charge < -0.3 is 39.6 Å². The van der Waals surface area contributed by atoms with Crippen molar-refractivity contribution in [3.8, 4) is 0 Å². The summed E-state index contributed by atoms with van der Waals surface area (Å²) in [4.78, 5) is 41.3. The Bertz CT molecular complexity index is 509. The molecule has 0 aliphatic carbocycles. The zero-order chi connectivity index (χ0) is 31.9. The number of aliphatic carboxylic acids is 4. The fourth-order valence-electron chi connectivity index (χ4n) is 3.76. The second-order valence-corrected chi connectivity index (χ2v) is 10.3. The first-order valence-corrected chi connectivity index (χ1v) is 15.7. The van der Waals surface area contributed by atoms with Crippen molar-refractivity contribution in [1.29, 1.82) is 0 Å². The Hall–Kier alpha value is -1.50. The van der Waals surface area contributed by atoms with Crippen LogP contribution in [0, 0.1) is 23.7 Å². The number of rotatable bonds is 20. The van der Waals surface area contributed by atoms with Crippen LogP contribution < -0.4 is 20.4 Å². The van der Waals surface area contributed by atoms with Crippen LogP contribution in [0.2, 0.25) is 0 Å². The third-order valence-electron chi connectivity index (χ3n) is 6.93. The van der Waals surface area contributed by atoms with Gasteiger partial charge in [0.05, 0.1) is 0 Å². The van der Waals surface area contributed by atoms with Gasteiger partial charge >= 0.3 is 19.5 Å². The predicted molar refractivity (Wildman–Crippen MR) is 153 cm³/mol. The Kier molecular flexibility index (Phi) is 43.8. The minimum absolute atomic E-state index is 0. The van der Waals surface area contributed by atoms with Crippen molar-refractivity contribution in [3.63, 3.8) is 0 Å². The van der Waals surface area contributed by atoms with E-state index in [2.05, 4.69) is 27.7 Å². The van der Waals surface area contributed by atoms with E-state index in [0.29, 0.717) is 25.7 Å². The standard InChI is InChI=1S/4C8H16O2.Ru/c4*1-3-5-6-7(4-2)8(9)10;/h4*7H,3-6H2,1-2H3,(H,9,10);/q;;;;+4/p-4. The van der Waals surface area contributed by atoms with Gasteiger partial charge in [0.25, 0.3) is 0 Å². The van der Waals surface area contributed by atoms with Crippen LogP contribution in [0.1, 0.15) is 158 Å². The van der Waals surface area contributed by atoms with E-state index in [0.717, 1.165) is 77.0 Å². The molecule has 0 saturated heterocycles. The first-order chi connectivity index (χ1) is 18.9. The first kappa shape index (κ1) is 49.2. The molecular formula is C32H60O8Ru. The maximum Gasteiger partial charge on any atom is 4.00 e. The minimum atomic E-state index is -0.893. The number of carbonyl (C=O) groups is 4. The van der Waals surface area contributed by atoms with Crippen molar-refractivity contribution in [2.24, 2.45) is 23.7 Å². The van der Waals surface area contributed by atoms with Crippen molar-refractivity contribution in [1.82, 2.24) is 0 Å². The van der Waals surface area contributed by atoms with Crippen LogP contribution >= 0.6 is 0 Å². The molecule has 4 atom stereocenters. The van der Waals surface area contributed by atoms with E-state index < -0.39 is 23.9 Å². The third kappa shape index (κ3) is 34.6. The molecule has 41 heavy (non-hydrogen) atoms. The molecule has 0 aromatic carbocycles. The molecule has 8 nitrogen and oxygen atoms in total. The molecule has 4 unspecified atom stereocenters. The molecule has 0 fully saturated rings. The van der Waals surface area contributed by atoms with Gasteiger partial charge in [0, 0.05) is 23.9 Å². The van der Waals surface area contributed by atoms with E-state index in [4.69, 9.17) is 0 Å². The van der Waals surface area contributed by atoms with E-state index in [1.54, 1.807) is 0 Å². The van der Waals surface area contributed by atoms with Crippen LogP contribution in [0.4, 0.5) is 0 Å². The second kappa shape index (κ2) is 36.5. The van der Waals surface area contributed by atoms with Crippen molar-refractivity contribution >= 4 is 23.9 Å². The number of carbonyl (C=O) groups excluding carboxylic acids is 4. The summed E-state index contributed by atoms with van der Waals surface area (Å²) in [5, 5.41) is 41.3. The number of unbranched alkanes of at least 4 members (excludes halogenated alkanes) is 4. The summed E-state index contributed by atoms with van der Waals surface area (Å²) < 4.78 is 0. The van der Waals surface area contributed by atoms with Crippen LogP contribution in [0.25, 0.3) is 0 Å². The van der Waals surface area contributed by atoms with Crippen LogP contribution in [0.3, 0.4) is 0 Å². The first-order valence-electron chi connectivity index (χ1n) is 15.7. The molecule has 0 aliphatic rings. The van der Waals surface area contributed by atoms with Gasteiger partial charge in [0.2, 0.25) is 0 Å². The third-order valence-corrected chi connectivity index (χ3v) is 6.93. The number of hydrogen-bond donors (Lipinski definition) is 0. The number of carboxylic acid groups (broad SMARTS) is 4. The van der Waals surface area contributed by atoms with Crippen LogP contribution in [-0.2, 0) is 38.7 Å². The number of hydrogen-bond acceptors (Lipinski definition) is 8. The largest absolute Gasteiger partial charge is 4.00 e. The van der Waals surface area contributed by atoms with Gasteiger partial charge in [-0.3, -0.25) is 0 Å². The normalized spacial score (nSPS) is 12.7. The van der Waals surface area contributed by atoms with Gasteiger partial charge in [-0.05, 0) is 75.0 Å². The van der Waals surface area contributed by atoms with E-state index in [1.807, 2.05) is 27.7 Å². The van der Waals surface area contributed by atoms with Gasteiger partial charge in [-0.1, -0.05) is 107 Å². The van der Waals surface area contributed by atoms with Crippen LogP contribution in [-0.4, -0.2) is 23.9 Å². The molecule has 9 heteroatoms. The molecule has 0 heterocycles. The van der Waals surface area contributed by atoms with E-state index in [9.17, 15) is 39.6 Å². The van der Waals surface area contributed by atoms with Crippen molar-refractivity contribution < 1.29 is 59.1 Å². The maximum atomic E-state index is 10.3. The Morgan fingerprint density at radius 3 is 0.610 bits per heavy atom. The molecule has 0 aliphatic heterocycles. The topological polar surface area (TPSA) is 161 Å². The van der Waals surface area contributed by atoms with Gasteiger partial charge in [-0.2, -0.15) is 0 Å². The molecule has 0 spiro atoms. The molecule has 0 radical (unpaired) electrons. The summed E-state index contributed by atoms with van der Waals surface area (Å²) in [6, 6.07) is 0. The summed E-state index contributed by atoms with van der Waals surface area (Å²) in [7, 11) is 0. The Morgan fingerprint density at radius 2 is 0.537 bits per heavy atom. The minimum Gasteiger partial charge on any atom is -0.550 e. The van der Waals surface area contributed by atoms with Crippen molar-refractivity contribution in [3.05, 3.63) is 0 Å². The predicted octanol–water partition coefficient (Wildman–Crippen LogP) is 3.81. The fraction of sp³-hybridized carbons (Fsp3) is 0.875. The average molecular weight is 674 g/mol. The fourth-order valence-corrected chi connectivity index (χ4v) is 3.76. The quantitative estimate of drug-likeness (QED) is 0.176. The summed E-state index contributed by atoms with van der Waals surface area (Å²) in [6.45, 7) is 15.8. The van der Waals surface area contributed by atoms with Gasteiger partial charge in [0.1, 0.15) is 0 Å². The Morgan fingerprint density at radius 1 is 0.390 bits per heavy atom.